The van der Waals surface area contributed by atoms with Gasteiger partial charge >= 0.3 is 0 Å². The molecule has 0 saturated heterocycles. The maximum atomic E-state index is 7.50. The summed E-state index contributed by atoms with van der Waals surface area (Å²) in [5.74, 6) is 2.29. The fraction of sp³-hybridized carbons (Fsp3) is 0.169. The Bertz CT molecular complexity index is 4740. The lowest BCUT2D eigenvalue weighted by Crippen LogP contribution is -2.29. The van der Waals surface area contributed by atoms with E-state index in [2.05, 4.69) is 300 Å². The molecule has 4 aromatic heterocycles. The van der Waals surface area contributed by atoms with Crippen molar-refractivity contribution in [3.8, 4) is 67.5 Å². The minimum absolute atomic E-state index is 0.108. The minimum atomic E-state index is -0.380. The van der Waals surface area contributed by atoms with Crippen molar-refractivity contribution in [1.29, 1.82) is 0 Å². The second-order valence-corrected chi connectivity index (χ2v) is 25.8. The average molecular weight is 1090 g/mol. The molecule has 0 saturated carbocycles. The van der Waals surface area contributed by atoms with Gasteiger partial charge in [0.05, 0.1) is 61.9 Å². The fourth-order valence-corrected chi connectivity index (χ4v) is 13.4. The van der Waals surface area contributed by atoms with Crippen LogP contribution in [0, 0.1) is 0 Å². The Morgan fingerprint density at radius 3 is 1.71 bits per heavy atom. The molecule has 84 heavy (non-hydrogen) atoms. The first-order valence-electron chi connectivity index (χ1n) is 29.4. The smallest absolute Gasteiger partial charge is 0.151 e. The van der Waals surface area contributed by atoms with Crippen molar-refractivity contribution in [2.45, 2.75) is 78.6 Å². The van der Waals surface area contributed by atoms with E-state index in [0.29, 0.717) is 12.4 Å². The molecule has 0 N–H and O–H groups in total. The first-order chi connectivity index (χ1) is 40.6. The van der Waals surface area contributed by atoms with E-state index in [1.54, 1.807) is 0 Å². The molecule has 0 atom stereocenters. The van der Waals surface area contributed by atoms with Crippen LogP contribution in [0.3, 0.4) is 0 Å². The number of hydrogen-bond donors (Lipinski definition) is 0. The molecule has 0 amide bonds. The van der Waals surface area contributed by atoms with Crippen molar-refractivity contribution < 1.29 is 4.74 Å². The zero-order chi connectivity index (χ0) is 57.4. The Morgan fingerprint density at radius 2 is 1.01 bits per heavy atom. The lowest BCUT2D eigenvalue weighted by atomic mass is 9.86. The van der Waals surface area contributed by atoms with E-state index >= 15 is 0 Å². The van der Waals surface area contributed by atoms with Crippen LogP contribution < -0.4 is 14.5 Å². The largest absolute Gasteiger partial charge is 0.455 e. The lowest BCUT2D eigenvalue weighted by molar-refractivity contribution is 0.441. The third-order valence-corrected chi connectivity index (χ3v) is 17.3. The van der Waals surface area contributed by atoms with Crippen LogP contribution in [-0.2, 0) is 16.2 Å². The van der Waals surface area contributed by atoms with Gasteiger partial charge < -0.3 is 19.1 Å². The molecular formula is C77H66N6O. The zero-order valence-corrected chi connectivity index (χ0v) is 49.2. The van der Waals surface area contributed by atoms with Crippen LogP contribution in [0.1, 0.15) is 79.3 Å². The van der Waals surface area contributed by atoms with E-state index in [4.69, 9.17) is 14.7 Å². The number of pyridine rings is 2. The van der Waals surface area contributed by atoms with Crippen molar-refractivity contribution in [1.82, 2.24) is 19.1 Å². The first kappa shape index (κ1) is 51.2. The molecule has 7 nitrogen and oxygen atoms in total. The summed E-state index contributed by atoms with van der Waals surface area (Å²) < 4.78 is 12.4. The summed E-state index contributed by atoms with van der Waals surface area (Å²) in [5, 5.41) is 4.77. The number of para-hydroxylation sites is 5. The fourth-order valence-electron chi connectivity index (χ4n) is 13.4. The van der Waals surface area contributed by atoms with Crippen molar-refractivity contribution in [3.05, 3.63) is 242 Å². The third kappa shape index (κ3) is 8.07. The van der Waals surface area contributed by atoms with Crippen molar-refractivity contribution in [2.75, 3.05) is 16.5 Å². The van der Waals surface area contributed by atoms with Crippen molar-refractivity contribution >= 4 is 66.4 Å². The minimum Gasteiger partial charge on any atom is -0.455 e. The van der Waals surface area contributed by atoms with Gasteiger partial charge in [-0.05, 0) is 87.8 Å². The van der Waals surface area contributed by atoms with E-state index in [9.17, 15) is 0 Å². The van der Waals surface area contributed by atoms with Gasteiger partial charge in [-0.2, -0.15) is 0 Å². The molecule has 13 aromatic rings. The Morgan fingerprint density at radius 1 is 0.405 bits per heavy atom. The van der Waals surface area contributed by atoms with Gasteiger partial charge in [0.15, 0.2) is 5.75 Å². The highest BCUT2D eigenvalue weighted by Gasteiger charge is 2.37. The molecule has 410 valence electrons. The average Bonchev–Trinajstić information content (AvgIpc) is 2.12. The molecule has 0 unspecified atom stereocenters. The van der Waals surface area contributed by atoms with Crippen molar-refractivity contribution in [2.24, 2.45) is 0 Å². The predicted molar refractivity (Wildman–Crippen MR) is 351 cm³/mol. The number of anilines is 4. The van der Waals surface area contributed by atoms with Crippen LogP contribution in [0.15, 0.2) is 225 Å². The van der Waals surface area contributed by atoms with E-state index in [-0.39, 0.29) is 16.2 Å². The molecule has 0 radical (unpaired) electrons. The number of rotatable bonds is 7. The molecule has 2 aliphatic rings. The SMILES string of the molecule is CC(C)(C)c1ccnc(-n2c3cc(Oc4cc(N5CN(c6c(-c7ccccc7)cccc6-c6ccccc6)c6ccccc65)c(C(C)(C)C)nc4C(C)(C)C)ccc3c3c4c(ccc32)-n2c3ccccc3c3cccc(c32)-c2ccccc2-4)c1. The van der Waals surface area contributed by atoms with E-state index in [0.717, 1.165) is 67.8 Å². The molecule has 7 heteroatoms. The van der Waals surface area contributed by atoms with Gasteiger partial charge in [-0.25, -0.2) is 4.98 Å². The number of aromatic nitrogens is 4. The second kappa shape index (κ2) is 18.9. The number of benzene rings is 9. The normalized spacial score (nSPS) is 13.2. The van der Waals surface area contributed by atoms with Gasteiger partial charge in [0.25, 0.3) is 0 Å². The quantitative estimate of drug-likeness (QED) is 0.159. The number of ether oxygens (including phenoxy) is 1. The standard InChI is InChI=1S/C77H66N6O/c1-75(2,3)50-42-43-78-68(44-50)82-63-40-41-64-69(56-30-17-16-28-54(56)57-33-23-34-58-55-29-18-19-35-60(55)83(64)72(57)58)70(63)59-39-38-51(45-65(59)82)84-67-46-66(73(76(4,5)6)79-74(67)77(7,8)9)80-47-81(62-37-21-20-36-61(62)80)71-52(48-24-12-10-13-25-48)31-22-32-53(71)49-26-14-11-15-27-49/h10-46H,47H2,1-9H3. The second-order valence-electron chi connectivity index (χ2n) is 25.8. The Kier molecular flexibility index (Phi) is 11.5. The number of hydrogen-bond acceptors (Lipinski definition) is 5. The summed E-state index contributed by atoms with van der Waals surface area (Å²) in [6, 6.07) is 79.7. The molecule has 0 fully saturated rings. The van der Waals surface area contributed by atoms with E-state index < -0.39 is 0 Å². The molecule has 2 aliphatic heterocycles. The maximum absolute atomic E-state index is 7.50. The van der Waals surface area contributed by atoms with Gasteiger partial charge in [-0.15, -0.1) is 0 Å². The van der Waals surface area contributed by atoms with Gasteiger partial charge in [0.2, 0.25) is 0 Å². The Hall–Kier alpha value is -9.72. The number of fused-ring (bicyclic) bond motifs is 13. The summed E-state index contributed by atoms with van der Waals surface area (Å²) in [5.41, 5.74) is 21.8. The van der Waals surface area contributed by atoms with Crippen LogP contribution in [-0.4, -0.2) is 25.8 Å². The summed E-state index contributed by atoms with van der Waals surface area (Å²) in [7, 11) is 0. The van der Waals surface area contributed by atoms with Gasteiger partial charge in [0, 0.05) is 73.0 Å². The topological polar surface area (TPSA) is 51.4 Å². The third-order valence-electron chi connectivity index (χ3n) is 17.3. The molecule has 0 spiro atoms. The lowest BCUT2D eigenvalue weighted by Gasteiger charge is -2.32. The summed E-state index contributed by atoms with van der Waals surface area (Å²) in [6.45, 7) is 20.9. The Balaban J connectivity index is 0.941. The van der Waals surface area contributed by atoms with Crippen LogP contribution in [0.4, 0.5) is 22.7 Å². The molecular weight excluding hydrogens is 1020 g/mol. The predicted octanol–water partition coefficient (Wildman–Crippen LogP) is 20.6. The molecule has 0 bridgehead atoms. The van der Waals surface area contributed by atoms with E-state index in [1.165, 1.54) is 77.3 Å². The van der Waals surface area contributed by atoms with Gasteiger partial charge in [-0.1, -0.05) is 214 Å². The highest BCUT2D eigenvalue weighted by molar-refractivity contribution is 6.23. The van der Waals surface area contributed by atoms with Crippen LogP contribution >= 0.6 is 0 Å². The highest BCUT2D eigenvalue weighted by atomic mass is 16.5. The summed E-state index contributed by atoms with van der Waals surface area (Å²) in [4.78, 5) is 15.9. The maximum Gasteiger partial charge on any atom is 0.151 e. The first-order valence-corrected chi connectivity index (χ1v) is 29.4. The van der Waals surface area contributed by atoms with Crippen molar-refractivity contribution in [3.63, 3.8) is 0 Å². The molecule has 6 heterocycles. The molecule has 0 aliphatic carbocycles. The van der Waals surface area contributed by atoms with Crippen LogP contribution in [0.25, 0.3) is 99.6 Å². The monoisotopic (exact) mass is 1090 g/mol. The number of nitrogens with zero attached hydrogens (tertiary/aromatic N) is 6. The van der Waals surface area contributed by atoms with E-state index in [1.807, 2.05) is 6.20 Å². The van der Waals surface area contributed by atoms with Crippen LogP contribution in [0.5, 0.6) is 11.5 Å². The Labute approximate surface area is 491 Å². The highest BCUT2D eigenvalue weighted by Crippen LogP contribution is 2.54. The summed E-state index contributed by atoms with van der Waals surface area (Å²) >= 11 is 0. The zero-order valence-electron chi connectivity index (χ0n) is 49.2. The van der Waals surface area contributed by atoms with Gasteiger partial charge in [0.1, 0.15) is 18.2 Å². The molecule has 15 rings (SSSR count). The van der Waals surface area contributed by atoms with Crippen LogP contribution in [0.2, 0.25) is 0 Å². The summed E-state index contributed by atoms with van der Waals surface area (Å²) in [6.07, 6.45) is 1.96. The molecule has 9 aromatic carbocycles. The van der Waals surface area contributed by atoms with Gasteiger partial charge in [-0.3, -0.25) is 9.55 Å².